The number of piperazine rings is 1. The second-order valence-electron chi connectivity index (χ2n) is 5.46. The number of rotatable bonds is 3. The molecule has 22 heavy (non-hydrogen) atoms. The van der Waals surface area contributed by atoms with Gasteiger partial charge in [-0.25, -0.2) is 8.42 Å². The van der Waals surface area contributed by atoms with Crippen LogP contribution in [0.4, 0.5) is 0 Å². The second kappa shape index (κ2) is 6.74. The fraction of sp³-hybridized carbons (Fsp3) is 0.500. The Morgan fingerprint density at radius 1 is 1.14 bits per heavy atom. The maximum Gasteiger partial charge on any atom is 0.244 e. The lowest BCUT2D eigenvalue weighted by Crippen LogP contribution is -2.51. The Morgan fingerprint density at radius 3 is 2.27 bits per heavy atom. The standard InChI is InChI=1S/C14H18Cl2N2O3S/c1-10(2)14(19)17-5-7-18(8-6-17)22(20,21)13-9-11(15)3-4-12(13)16/h3-4,9-10H,5-8H2,1-2H3. The Kier molecular flexibility index (Phi) is 5.37. The zero-order valence-corrected chi connectivity index (χ0v) is 14.7. The van der Waals surface area contributed by atoms with Gasteiger partial charge in [0, 0.05) is 37.1 Å². The summed E-state index contributed by atoms with van der Waals surface area (Å²) in [5.41, 5.74) is 0. The lowest BCUT2D eigenvalue weighted by molar-refractivity contribution is -0.135. The van der Waals surface area contributed by atoms with Crippen LogP contribution in [-0.4, -0.2) is 49.7 Å². The number of hydrogen-bond acceptors (Lipinski definition) is 3. The molecule has 0 aliphatic carbocycles. The predicted molar refractivity (Wildman–Crippen MR) is 86.6 cm³/mol. The molecule has 0 N–H and O–H groups in total. The monoisotopic (exact) mass is 364 g/mol. The molecule has 1 aliphatic rings. The van der Waals surface area contributed by atoms with Crippen LogP contribution >= 0.6 is 23.2 Å². The van der Waals surface area contributed by atoms with Crippen molar-refractivity contribution >= 4 is 39.1 Å². The van der Waals surface area contributed by atoms with Gasteiger partial charge in [-0.2, -0.15) is 4.31 Å². The van der Waals surface area contributed by atoms with Crippen molar-refractivity contribution in [2.24, 2.45) is 5.92 Å². The fourth-order valence-corrected chi connectivity index (χ4v) is 4.49. The van der Waals surface area contributed by atoms with E-state index in [0.29, 0.717) is 18.1 Å². The minimum absolute atomic E-state index is 0.00491. The summed E-state index contributed by atoms with van der Waals surface area (Å²) >= 11 is 11.9. The number of benzene rings is 1. The highest BCUT2D eigenvalue weighted by Crippen LogP contribution is 2.28. The van der Waals surface area contributed by atoms with Crippen LogP contribution in [-0.2, 0) is 14.8 Å². The van der Waals surface area contributed by atoms with Gasteiger partial charge in [-0.05, 0) is 18.2 Å². The van der Waals surface area contributed by atoms with Crippen molar-refractivity contribution in [3.63, 3.8) is 0 Å². The minimum atomic E-state index is -3.71. The van der Waals surface area contributed by atoms with E-state index in [4.69, 9.17) is 23.2 Å². The van der Waals surface area contributed by atoms with E-state index >= 15 is 0 Å². The van der Waals surface area contributed by atoms with Gasteiger partial charge >= 0.3 is 0 Å². The van der Waals surface area contributed by atoms with E-state index in [1.54, 1.807) is 11.0 Å². The molecule has 1 aromatic rings. The van der Waals surface area contributed by atoms with Crippen molar-refractivity contribution < 1.29 is 13.2 Å². The van der Waals surface area contributed by atoms with Crippen LogP contribution < -0.4 is 0 Å². The Labute approximate surface area is 140 Å². The number of nitrogens with zero attached hydrogens (tertiary/aromatic N) is 2. The topological polar surface area (TPSA) is 57.7 Å². The molecule has 1 heterocycles. The molecule has 0 atom stereocenters. The van der Waals surface area contributed by atoms with Crippen LogP contribution in [0.2, 0.25) is 10.0 Å². The molecule has 0 aromatic heterocycles. The molecule has 0 bridgehead atoms. The third-order valence-electron chi connectivity index (χ3n) is 3.56. The quantitative estimate of drug-likeness (QED) is 0.827. The predicted octanol–water partition coefficient (Wildman–Crippen LogP) is 2.48. The molecule has 0 unspecified atom stereocenters. The van der Waals surface area contributed by atoms with Gasteiger partial charge in [-0.3, -0.25) is 4.79 Å². The van der Waals surface area contributed by atoms with Crippen LogP contribution in [0.3, 0.4) is 0 Å². The first kappa shape index (κ1) is 17.5. The largest absolute Gasteiger partial charge is 0.340 e. The molecule has 122 valence electrons. The van der Waals surface area contributed by atoms with Gasteiger partial charge in [-0.1, -0.05) is 37.0 Å². The lowest BCUT2D eigenvalue weighted by Gasteiger charge is -2.35. The maximum atomic E-state index is 12.7. The molecular weight excluding hydrogens is 347 g/mol. The van der Waals surface area contributed by atoms with Crippen LogP contribution in [0.5, 0.6) is 0 Å². The van der Waals surface area contributed by atoms with Crippen molar-refractivity contribution in [3.8, 4) is 0 Å². The van der Waals surface area contributed by atoms with Crippen molar-refractivity contribution in [1.82, 2.24) is 9.21 Å². The Bertz CT molecular complexity index is 669. The highest BCUT2D eigenvalue weighted by Gasteiger charge is 2.32. The first-order chi connectivity index (χ1) is 10.2. The Morgan fingerprint density at radius 2 is 1.73 bits per heavy atom. The van der Waals surface area contributed by atoms with E-state index in [1.807, 2.05) is 13.8 Å². The second-order valence-corrected chi connectivity index (χ2v) is 8.21. The van der Waals surface area contributed by atoms with Crippen LogP contribution in [0.15, 0.2) is 23.1 Å². The van der Waals surface area contributed by atoms with Crippen molar-refractivity contribution in [2.45, 2.75) is 18.7 Å². The maximum absolute atomic E-state index is 12.7. The van der Waals surface area contributed by atoms with Crippen LogP contribution in [0.25, 0.3) is 0 Å². The van der Waals surface area contributed by atoms with Gasteiger partial charge in [0.1, 0.15) is 4.90 Å². The molecule has 5 nitrogen and oxygen atoms in total. The third-order valence-corrected chi connectivity index (χ3v) is 6.17. The van der Waals surface area contributed by atoms with E-state index in [1.165, 1.54) is 16.4 Å². The van der Waals surface area contributed by atoms with Gasteiger partial charge in [0.2, 0.25) is 15.9 Å². The van der Waals surface area contributed by atoms with Crippen molar-refractivity contribution in [2.75, 3.05) is 26.2 Å². The van der Waals surface area contributed by atoms with Crippen LogP contribution in [0, 0.1) is 5.92 Å². The van der Waals surface area contributed by atoms with Gasteiger partial charge in [0.05, 0.1) is 5.02 Å². The molecule has 2 rings (SSSR count). The summed E-state index contributed by atoms with van der Waals surface area (Å²) in [6.45, 7) is 4.94. The van der Waals surface area contributed by atoms with Crippen molar-refractivity contribution in [1.29, 1.82) is 0 Å². The van der Waals surface area contributed by atoms with Crippen molar-refractivity contribution in [3.05, 3.63) is 28.2 Å². The van der Waals surface area contributed by atoms with E-state index in [-0.39, 0.29) is 34.8 Å². The van der Waals surface area contributed by atoms with Gasteiger partial charge in [0.15, 0.2) is 0 Å². The zero-order valence-electron chi connectivity index (χ0n) is 12.4. The van der Waals surface area contributed by atoms with E-state index in [9.17, 15) is 13.2 Å². The summed E-state index contributed by atoms with van der Waals surface area (Å²) in [5.74, 6) is -0.0524. The third kappa shape index (κ3) is 3.56. The van der Waals surface area contributed by atoms with E-state index < -0.39 is 10.0 Å². The molecule has 1 aromatic carbocycles. The molecule has 0 radical (unpaired) electrons. The number of halogens is 2. The summed E-state index contributed by atoms with van der Waals surface area (Å²) in [6, 6.07) is 4.36. The number of sulfonamides is 1. The first-order valence-electron chi connectivity index (χ1n) is 6.97. The normalized spacial score (nSPS) is 17.0. The molecule has 1 amide bonds. The number of hydrogen-bond donors (Lipinski definition) is 0. The highest BCUT2D eigenvalue weighted by atomic mass is 35.5. The summed E-state index contributed by atoms with van der Waals surface area (Å²) in [6.07, 6.45) is 0. The molecule has 1 saturated heterocycles. The Balaban J connectivity index is 2.16. The summed E-state index contributed by atoms with van der Waals surface area (Å²) < 4.78 is 26.6. The number of amides is 1. The average Bonchev–Trinajstić information content (AvgIpc) is 2.48. The number of carbonyl (C=O) groups is 1. The smallest absolute Gasteiger partial charge is 0.244 e. The molecule has 1 aliphatic heterocycles. The lowest BCUT2D eigenvalue weighted by atomic mass is 10.2. The van der Waals surface area contributed by atoms with Gasteiger partial charge in [-0.15, -0.1) is 0 Å². The fourth-order valence-electron chi connectivity index (χ4n) is 2.33. The van der Waals surface area contributed by atoms with E-state index in [2.05, 4.69) is 0 Å². The summed E-state index contributed by atoms with van der Waals surface area (Å²) in [4.78, 5) is 13.6. The molecular formula is C14H18Cl2N2O3S. The molecule has 0 spiro atoms. The number of carbonyl (C=O) groups excluding carboxylic acids is 1. The first-order valence-corrected chi connectivity index (χ1v) is 9.17. The Hall–Kier alpha value is -0.820. The SMILES string of the molecule is CC(C)C(=O)N1CCN(S(=O)(=O)c2cc(Cl)ccc2Cl)CC1. The van der Waals surface area contributed by atoms with Gasteiger partial charge < -0.3 is 4.90 Å². The highest BCUT2D eigenvalue weighted by molar-refractivity contribution is 7.89. The average molecular weight is 365 g/mol. The molecule has 1 fully saturated rings. The van der Waals surface area contributed by atoms with Gasteiger partial charge in [0.25, 0.3) is 0 Å². The minimum Gasteiger partial charge on any atom is -0.340 e. The molecule has 8 heteroatoms. The zero-order chi connectivity index (χ0) is 16.5. The van der Waals surface area contributed by atoms with E-state index in [0.717, 1.165) is 0 Å². The van der Waals surface area contributed by atoms with Crippen LogP contribution in [0.1, 0.15) is 13.8 Å². The molecule has 0 saturated carbocycles. The summed E-state index contributed by atoms with van der Waals surface area (Å²) in [5, 5.41) is 0.460. The summed E-state index contributed by atoms with van der Waals surface area (Å²) in [7, 11) is -3.71.